The van der Waals surface area contributed by atoms with Crippen LogP contribution in [0.4, 0.5) is 4.79 Å². The predicted octanol–water partition coefficient (Wildman–Crippen LogP) is 3.59. The monoisotopic (exact) mass is 352 g/mol. The highest BCUT2D eigenvalue weighted by Gasteiger charge is 2.27. The molecule has 0 spiro atoms. The Bertz CT molecular complexity index is 566. The summed E-state index contributed by atoms with van der Waals surface area (Å²) >= 11 is 5.94. The highest BCUT2D eigenvalue weighted by Crippen LogP contribution is 2.25. The average Bonchev–Trinajstić information content (AvgIpc) is 2.56. The van der Waals surface area contributed by atoms with E-state index in [-0.39, 0.29) is 17.9 Å². The number of nitrogens with zero attached hydrogens (tertiary/aromatic N) is 1. The van der Waals surface area contributed by atoms with E-state index in [1.54, 1.807) is 4.90 Å². The van der Waals surface area contributed by atoms with Gasteiger partial charge >= 0.3 is 12.0 Å². The largest absolute Gasteiger partial charge is 0.481 e. The first kappa shape index (κ1) is 18.6. The lowest BCUT2D eigenvalue weighted by Gasteiger charge is -2.31. The smallest absolute Gasteiger partial charge is 0.317 e. The molecule has 6 heteroatoms. The lowest BCUT2D eigenvalue weighted by molar-refractivity contribution is -0.143. The molecule has 1 unspecified atom stereocenters. The van der Waals surface area contributed by atoms with E-state index < -0.39 is 5.97 Å². The summed E-state index contributed by atoms with van der Waals surface area (Å²) in [6.45, 7) is 5.80. The van der Waals surface area contributed by atoms with Gasteiger partial charge in [-0.2, -0.15) is 0 Å². The molecule has 2 N–H and O–H groups in total. The van der Waals surface area contributed by atoms with Gasteiger partial charge in [0.2, 0.25) is 0 Å². The van der Waals surface area contributed by atoms with Gasteiger partial charge in [0.25, 0.3) is 0 Å². The Hall–Kier alpha value is -1.75. The second kappa shape index (κ2) is 8.38. The van der Waals surface area contributed by atoms with Crippen LogP contribution in [0.25, 0.3) is 0 Å². The van der Waals surface area contributed by atoms with Crippen molar-refractivity contribution in [3.05, 3.63) is 34.9 Å². The van der Waals surface area contributed by atoms with Crippen molar-refractivity contribution >= 4 is 23.6 Å². The molecule has 5 nitrogen and oxygen atoms in total. The molecule has 1 fully saturated rings. The van der Waals surface area contributed by atoms with E-state index in [1.807, 2.05) is 24.3 Å². The Morgan fingerprint density at radius 2 is 1.83 bits per heavy atom. The van der Waals surface area contributed by atoms with Crippen molar-refractivity contribution in [3.63, 3.8) is 0 Å². The van der Waals surface area contributed by atoms with Gasteiger partial charge in [0, 0.05) is 30.6 Å². The van der Waals surface area contributed by atoms with Crippen LogP contribution in [-0.2, 0) is 4.79 Å². The summed E-state index contributed by atoms with van der Waals surface area (Å²) in [7, 11) is 0. The molecule has 2 amide bonds. The number of carbonyl (C=O) groups excluding carboxylic acids is 1. The molecule has 1 aromatic carbocycles. The van der Waals surface area contributed by atoms with E-state index in [9.17, 15) is 9.59 Å². The van der Waals surface area contributed by atoms with E-state index in [0.29, 0.717) is 43.4 Å². The normalized spacial score (nSPS) is 16.9. The van der Waals surface area contributed by atoms with Gasteiger partial charge < -0.3 is 15.3 Å². The summed E-state index contributed by atoms with van der Waals surface area (Å²) < 4.78 is 0. The number of rotatable bonds is 5. The van der Waals surface area contributed by atoms with E-state index >= 15 is 0 Å². The zero-order chi connectivity index (χ0) is 17.7. The Balaban J connectivity index is 1.89. The number of carboxylic acid groups (broad SMARTS) is 1. The van der Waals surface area contributed by atoms with Crippen LogP contribution < -0.4 is 5.32 Å². The standard InChI is InChI=1S/C18H25ClN2O3/c1-12(2)16(13-3-5-15(19)6-4-13)11-20-18(24)21-9-7-14(8-10-21)17(22)23/h3-6,12,14,16H,7-11H2,1-2H3,(H,20,24)(H,22,23). The molecule has 1 atom stereocenters. The molecule has 1 aliphatic heterocycles. The molecule has 1 heterocycles. The number of hydrogen-bond donors (Lipinski definition) is 2. The van der Waals surface area contributed by atoms with Crippen molar-refractivity contribution in [1.29, 1.82) is 0 Å². The number of carbonyl (C=O) groups is 2. The van der Waals surface area contributed by atoms with Crippen molar-refractivity contribution < 1.29 is 14.7 Å². The number of amides is 2. The Morgan fingerprint density at radius 1 is 1.25 bits per heavy atom. The maximum atomic E-state index is 12.3. The number of aliphatic carboxylic acids is 1. The second-order valence-electron chi connectivity index (χ2n) is 6.69. The van der Waals surface area contributed by atoms with Crippen LogP contribution in [0, 0.1) is 11.8 Å². The Kier molecular flexibility index (Phi) is 6.49. The van der Waals surface area contributed by atoms with E-state index in [1.165, 1.54) is 0 Å². The number of piperidine rings is 1. The maximum Gasteiger partial charge on any atom is 0.317 e. The average molecular weight is 353 g/mol. The minimum atomic E-state index is -0.766. The number of hydrogen-bond acceptors (Lipinski definition) is 2. The first-order valence-electron chi connectivity index (χ1n) is 8.39. The summed E-state index contributed by atoms with van der Waals surface area (Å²) in [4.78, 5) is 25.0. The minimum Gasteiger partial charge on any atom is -0.481 e. The van der Waals surface area contributed by atoms with Gasteiger partial charge in [-0.1, -0.05) is 37.6 Å². The predicted molar refractivity (Wildman–Crippen MR) is 94.4 cm³/mol. The molecule has 1 aliphatic rings. The molecule has 2 rings (SSSR count). The zero-order valence-corrected chi connectivity index (χ0v) is 14.9. The lowest BCUT2D eigenvalue weighted by atomic mass is 9.88. The molecule has 0 aromatic heterocycles. The molecule has 0 radical (unpaired) electrons. The van der Waals surface area contributed by atoms with Gasteiger partial charge in [-0.25, -0.2) is 4.79 Å². The van der Waals surface area contributed by atoms with Crippen molar-refractivity contribution in [1.82, 2.24) is 10.2 Å². The SMILES string of the molecule is CC(C)C(CNC(=O)N1CCC(C(=O)O)CC1)c1ccc(Cl)cc1. The fourth-order valence-corrected chi connectivity index (χ4v) is 3.21. The topological polar surface area (TPSA) is 69.6 Å². The highest BCUT2D eigenvalue weighted by molar-refractivity contribution is 6.30. The number of halogens is 1. The van der Waals surface area contributed by atoms with Crippen LogP contribution in [-0.4, -0.2) is 41.6 Å². The number of nitrogens with one attached hydrogen (secondary N) is 1. The van der Waals surface area contributed by atoms with Crippen LogP contribution in [0.1, 0.15) is 38.2 Å². The molecule has 0 aliphatic carbocycles. The van der Waals surface area contributed by atoms with Crippen LogP contribution >= 0.6 is 11.6 Å². The molecule has 1 aromatic rings. The molecular weight excluding hydrogens is 328 g/mol. The van der Waals surface area contributed by atoms with Crippen LogP contribution in [0.2, 0.25) is 5.02 Å². The lowest BCUT2D eigenvalue weighted by Crippen LogP contribution is -2.46. The van der Waals surface area contributed by atoms with Crippen molar-refractivity contribution in [3.8, 4) is 0 Å². The first-order valence-corrected chi connectivity index (χ1v) is 8.77. The third-order valence-electron chi connectivity index (χ3n) is 4.71. The molecule has 132 valence electrons. The van der Waals surface area contributed by atoms with Gasteiger partial charge in [0.1, 0.15) is 0 Å². The van der Waals surface area contributed by atoms with Crippen molar-refractivity contribution in [2.75, 3.05) is 19.6 Å². The molecule has 24 heavy (non-hydrogen) atoms. The molecule has 1 saturated heterocycles. The first-order chi connectivity index (χ1) is 11.4. The number of benzene rings is 1. The Morgan fingerprint density at radius 3 is 2.33 bits per heavy atom. The highest BCUT2D eigenvalue weighted by atomic mass is 35.5. The molecule has 0 saturated carbocycles. The van der Waals surface area contributed by atoms with E-state index in [4.69, 9.17) is 16.7 Å². The van der Waals surface area contributed by atoms with Gasteiger partial charge in [0.05, 0.1) is 5.92 Å². The van der Waals surface area contributed by atoms with Crippen molar-refractivity contribution in [2.24, 2.45) is 11.8 Å². The summed E-state index contributed by atoms with van der Waals surface area (Å²) in [5.74, 6) is -0.504. The van der Waals surface area contributed by atoms with Gasteiger partial charge in [-0.05, 0) is 36.5 Å². The second-order valence-corrected chi connectivity index (χ2v) is 7.12. The fraction of sp³-hybridized carbons (Fsp3) is 0.556. The zero-order valence-electron chi connectivity index (χ0n) is 14.2. The van der Waals surface area contributed by atoms with Gasteiger partial charge in [-0.15, -0.1) is 0 Å². The quantitative estimate of drug-likeness (QED) is 0.850. The van der Waals surface area contributed by atoms with Crippen LogP contribution in [0.15, 0.2) is 24.3 Å². The number of carboxylic acids is 1. The summed E-state index contributed by atoms with van der Waals surface area (Å²) in [5, 5.41) is 12.7. The van der Waals surface area contributed by atoms with Gasteiger partial charge in [0.15, 0.2) is 0 Å². The summed E-state index contributed by atoms with van der Waals surface area (Å²) in [6.07, 6.45) is 1.04. The number of urea groups is 1. The Labute approximate surface area is 148 Å². The van der Waals surface area contributed by atoms with E-state index in [0.717, 1.165) is 5.56 Å². The van der Waals surface area contributed by atoms with Gasteiger partial charge in [-0.3, -0.25) is 4.79 Å². The van der Waals surface area contributed by atoms with Crippen LogP contribution in [0.5, 0.6) is 0 Å². The minimum absolute atomic E-state index is 0.113. The fourth-order valence-electron chi connectivity index (χ4n) is 3.09. The maximum absolute atomic E-state index is 12.3. The third kappa shape index (κ3) is 4.87. The van der Waals surface area contributed by atoms with Crippen LogP contribution in [0.3, 0.4) is 0 Å². The number of likely N-dealkylation sites (tertiary alicyclic amines) is 1. The summed E-state index contributed by atoms with van der Waals surface area (Å²) in [5.41, 5.74) is 1.15. The molecule has 0 bridgehead atoms. The molecular formula is C18H25ClN2O3. The van der Waals surface area contributed by atoms with Crippen molar-refractivity contribution in [2.45, 2.75) is 32.6 Å². The summed E-state index contributed by atoms with van der Waals surface area (Å²) in [6, 6.07) is 7.61. The van der Waals surface area contributed by atoms with E-state index in [2.05, 4.69) is 19.2 Å². The third-order valence-corrected chi connectivity index (χ3v) is 4.96.